The Morgan fingerprint density at radius 3 is 2.12 bits per heavy atom. The fourth-order valence-corrected chi connectivity index (χ4v) is 7.07. The molecule has 0 radical (unpaired) electrons. The van der Waals surface area contributed by atoms with Crippen LogP contribution in [-0.4, -0.2) is 63.1 Å². The van der Waals surface area contributed by atoms with Gasteiger partial charge in [0.05, 0.1) is 6.67 Å². The summed E-state index contributed by atoms with van der Waals surface area (Å²) in [7, 11) is 0.268. The van der Waals surface area contributed by atoms with E-state index in [1.807, 2.05) is 0 Å². The fraction of sp³-hybridized carbons (Fsp3) is 0.412. The van der Waals surface area contributed by atoms with E-state index in [0.29, 0.717) is 5.16 Å². The van der Waals surface area contributed by atoms with Crippen LogP contribution >= 0.6 is 7.92 Å². The molecule has 4 aliphatic heterocycles. The molecule has 1 aromatic heterocycles. The zero-order valence-corrected chi connectivity index (χ0v) is 19.8. The van der Waals surface area contributed by atoms with Gasteiger partial charge in [0, 0.05) is 35.7 Å². The third kappa shape index (κ3) is 5.53. The van der Waals surface area contributed by atoms with Gasteiger partial charge in [-0.3, -0.25) is 14.5 Å². The van der Waals surface area contributed by atoms with E-state index in [-0.39, 0.29) is 47.3 Å². The molecule has 6 rings (SSSR count). The van der Waals surface area contributed by atoms with Gasteiger partial charge >= 0.3 is 22.4 Å². The van der Waals surface area contributed by atoms with Crippen LogP contribution in [0.15, 0.2) is 53.9 Å². The molecule has 144 valence electrons. The molecule has 1 aromatic carbocycles. The van der Waals surface area contributed by atoms with E-state index in [9.17, 15) is 0 Å². The topological polar surface area (TPSA) is 32.3 Å². The van der Waals surface area contributed by atoms with Crippen molar-refractivity contribution in [3.05, 3.63) is 54.4 Å². The molecule has 2 unspecified atom stereocenters. The van der Waals surface area contributed by atoms with Crippen molar-refractivity contribution in [3.63, 3.8) is 0 Å². The molecule has 4 fully saturated rings. The Hall–Kier alpha value is 0.0503. The first-order chi connectivity index (χ1) is 11.7. The van der Waals surface area contributed by atoms with Crippen LogP contribution in [0.4, 0.5) is 0 Å². The molecule has 5 heterocycles. The molecule has 5 nitrogen and oxygen atoms in total. The van der Waals surface area contributed by atoms with Gasteiger partial charge in [0.1, 0.15) is 26.2 Å². The minimum atomic E-state index is 0. The number of quaternary nitrogens is 1. The van der Waals surface area contributed by atoms with Crippen LogP contribution in [0.5, 0.6) is 0 Å². The third-order valence-electron chi connectivity index (χ3n) is 4.60. The van der Waals surface area contributed by atoms with Gasteiger partial charge in [0.25, 0.3) is 0 Å². The van der Waals surface area contributed by atoms with Crippen molar-refractivity contribution in [2.24, 2.45) is 0 Å². The van der Waals surface area contributed by atoms with E-state index in [0.717, 1.165) is 0 Å². The normalized spacial score (nSPS) is 30.4. The van der Waals surface area contributed by atoms with E-state index >= 15 is 0 Å². The molecule has 4 bridgehead atoms. The summed E-state index contributed by atoms with van der Waals surface area (Å²) in [5.41, 5.74) is 1.51. The summed E-state index contributed by atoms with van der Waals surface area (Å²) in [4.78, 5) is 12.7. The smallest absolute Gasteiger partial charge is 1.00 e. The third-order valence-corrected chi connectivity index (χ3v) is 7.41. The molecule has 4 saturated heterocycles. The predicted molar refractivity (Wildman–Crippen MR) is 97.9 cm³/mol. The Labute approximate surface area is 188 Å². The van der Waals surface area contributed by atoms with Crippen LogP contribution in [-0.2, 0) is 41.6 Å². The number of halogens is 1. The average molecular weight is 636 g/mol. The van der Waals surface area contributed by atoms with Crippen molar-refractivity contribution in [3.8, 4) is 0 Å². The summed E-state index contributed by atoms with van der Waals surface area (Å²) in [5.74, 6) is 0. The molecule has 26 heavy (non-hydrogen) atoms. The Balaban J connectivity index is 0.000000233. The molecule has 9 heteroatoms. The second-order valence-corrected chi connectivity index (χ2v) is 9.43. The quantitative estimate of drug-likeness (QED) is 0.143. The molecular formula is C17H22AuBrN5PS. The minimum absolute atomic E-state index is 0. The maximum atomic E-state index is 4.59. The zero-order valence-electron chi connectivity index (χ0n) is 14.3. The van der Waals surface area contributed by atoms with Gasteiger partial charge in [0.15, 0.2) is 0 Å². The number of rotatable bonds is 2. The number of hydrogen-bond donors (Lipinski definition) is 0. The van der Waals surface area contributed by atoms with E-state index in [4.69, 9.17) is 0 Å². The summed E-state index contributed by atoms with van der Waals surface area (Å²) in [6.45, 7) is 5.02. The van der Waals surface area contributed by atoms with Crippen LogP contribution in [0.2, 0.25) is 0 Å². The van der Waals surface area contributed by atoms with Gasteiger partial charge in [0.2, 0.25) is 0 Å². The molecule has 2 atom stereocenters. The first-order valence-corrected chi connectivity index (χ1v) is 10.5. The first kappa shape index (κ1) is 22.3. The van der Waals surface area contributed by atoms with E-state index in [1.165, 1.54) is 55.5 Å². The number of hydrogen-bond acceptors (Lipinski definition) is 5. The number of benzene rings is 1. The minimum Gasteiger partial charge on any atom is -1.00 e. The molecular weight excluding hydrogens is 614 g/mol. The Kier molecular flexibility index (Phi) is 8.60. The fourth-order valence-electron chi connectivity index (χ4n) is 4.06. The molecule has 2 aromatic rings. The van der Waals surface area contributed by atoms with Crippen LogP contribution in [0.3, 0.4) is 0 Å². The van der Waals surface area contributed by atoms with Crippen LogP contribution in [0.25, 0.3) is 0 Å². The van der Waals surface area contributed by atoms with Crippen LogP contribution in [0, 0.1) is 0 Å². The van der Waals surface area contributed by atoms with Crippen molar-refractivity contribution in [2.75, 3.05) is 38.9 Å². The maximum Gasteiger partial charge on any atom is 1.00 e. The van der Waals surface area contributed by atoms with Crippen LogP contribution in [0.1, 0.15) is 5.56 Å². The molecule has 4 aliphatic rings. The summed E-state index contributed by atoms with van der Waals surface area (Å²) in [6, 6.07) is 12.8. The van der Waals surface area contributed by atoms with E-state index < -0.39 is 0 Å². The van der Waals surface area contributed by atoms with Gasteiger partial charge in [-0.1, -0.05) is 30.3 Å². The first-order valence-electron chi connectivity index (χ1n) is 8.21. The largest absolute Gasteiger partial charge is 1.00 e. The van der Waals surface area contributed by atoms with Crippen molar-refractivity contribution in [1.29, 1.82) is 0 Å². The van der Waals surface area contributed by atoms with Crippen molar-refractivity contribution < 1.29 is 43.8 Å². The Morgan fingerprint density at radius 1 is 1.00 bits per heavy atom. The number of aromatic nitrogens is 2. The summed E-state index contributed by atoms with van der Waals surface area (Å²) in [6.07, 6.45) is 7.50. The molecule has 0 saturated carbocycles. The van der Waals surface area contributed by atoms with Crippen molar-refractivity contribution in [2.45, 2.75) is 11.7 Å². The van der Waals surface area contributed by atoms with Gasteiger partial charge < -0.3 is 29.6 Å². The van der Waals surface area contributed by atoms with Crippen molar-refractivity contribution >= 4 is 20.6 Å². The maximum absolute atomic E-state index is 4.59. The second kappa shape index (κ2) is 10.0. The Morgan fingerprint density at radius 2 is 1.62 bits per heavy atom. The monoisotopic (exact) mass is 635 g/mol. The van der Waals surface area contributed by atoms with E-state index in [1.54, 1.807) is 18.5 Å². The predicted octanol–water partition coefficient (Wildman–Crippen LogP) is -0.741. The summed E-state index contributed by atoms with van der Waals surface area (Å²) in [5, 5.41) is 0.405. The van der Waals surface area contributed by atoms with Gasteiger partial charge in [-0.15, -0.1) is 0 Å². The van der Waals surface area contributed by atoms with Gasteiger partial charge in [-0.05, 0) is 14.0 Å². The molecule has 0 amide bonds. The summed E-state index contributed by atoms with van der Waals surface area (Å²) >= 11 is 4.59. The Bertz CT molecular complexity index is 646. The zero-order chi connectivity index (χ0) is 16.4. The molecule has 0 N–H and O–H groups in total. The molecule has 0 aliphatic carbocycles. The van der Waals surface area contributed by atoms with Crippen LogP contribution < -0.4 is 17.0 Å². The SMILES string of the molecule is [Au+].[Br-].[S-]c1ncccn1.c1ccc(C[N+]23CN4CN(CP(C4)C2)C3)cc1. The van der Waals surface area contributed by atoms with Gasteiger partial charge in [-0.25, -0.2) is 9.80 Å². The standard InChI is InChI=1S/C13H19N3P.C4H4N2S.Au.BrH/c1-2-4-13(5-3-1)6-16-8-14-7-15(9-16)11-17(10-14)12-16;7-4-5-2-1-3-6-4;;/h1-5H,6-12H2;1-3H,(H,5,6,7);;1H/q+1;;+1;/p-2. The van der Waals surface area contributed by atoms with Gasteiger partial charge in [-0.2, -0.15) is 0 Å². The van der Waals surface area contributed by atoms with Crippen molar-refractivity contribution in [1.82, 2.24) is 19.8 Å². The molecule has 0 spiro atoms. The number of nitrogens with zero attached hydrogens (tertiary/aromatic N) is 5. The average Bonchev–Trinajstić information content (AvgIpc) is 2.55. The summed E-state index contributed by atoms with van der Waals surface area (Å²) < 4.78 is 1.30. The van der Waals surface area contributed by atoms with E-state index in [2.05, 4.69) is 62.7 Å². The second-order valence-electron chi connectivity index (χ2n) is 6.88.